The second kappa shape index (κ2) is 7.23. The molecule has 1 N–H and O–H groups in total. The van der Waals surface area contributed by atoms with E-state index in [4.69, 9.17) is 4.42 Å². The average Bonchev–Trinajstić information content (AvgIpc) is 3.14. The molecule has 0 unspecified atom stereocenters. The van der Waals surface area contributed by atoms with Crippen molar-refractivity contribution < 1.29 is 9.21 Å². The fourth-order valence-electron chi connectivity index (χ4n) is 2.90. The third-order valence-electron chi connectivity index (χ3n) is 4.23. The Morgan fingerprint density at radius 3 is 2.65 bits per heavy atom. The molecule has 0 saturated heterocycles. The first-order valence-corrected chi connectivity index (χ1v) is 8.52. The van der Waals surface area contributed by atoms with Crippen molar-refractivity contribution in [1.82, 2.24) is 10.3 Å². The third kappa shape index (κ3) is 3.64. The number of aromatic nitrogens is 1. The maximum Gasteiger partial charge on any atom is 0.251 e. The number of fused-ring (bicyclic) bond motifs is 1. The molecule has 128 valence electrons. The molecule has 4 nitrogen and oxygen atoms in total. The van der Waals surface area contributed by atoms with E-state index in [0.29, 0.717) is 12.1 Å². The molecule has 0 atom stereocenters. The predicted octanol–water partition coefficient (Wildman–Crippen LogP) is 4.35. The Kier molecular flexibility index (Phi) is 4.48. The van der Waals surface area contributed by atoms with Gasteiger partial charge in [0, 0.05) is 23.6 Å². The van der Waals surface area contributed by atoms with E-state index in [9.17, 15) is 4.79 Å². The van der Waals surface area contributed by atoms with Crippen LogP contribution in [0, 0.1) is 0 Å². The smallest absolute Gasteiger partial charge is 0.251 e. The largest absolute Gasteiger partial charge is 0.464 e. The summed E-state index contributed by atoms with van der Waals surface area (Å²) in [4.78, 5) is 16.7. The third-order valence-corrected chi connectivity index (χ3v) is 4.23. The summed E-state index contributed by atoms with van der Waals surface area (Å²) < 4.78 is 5.82. The summed E-state index contributed by atoms with van der Waals surface area (Å²) in [6, 6.07) is 23.3. The topological polar surface area (TPSA) is 55.1 Å². The van der Waals surface area contributed by atoms with Gasteiger partial charge in [0.25, 0.3) is 5.91 Å². The number of benzene rings is 2. The number of rotatable bonds is 5. The highest BCUT2D eigenvalue weighted by molar-refractivity contribution is 5.97. The van der Waals surface area contributed by atoms with Crippen molar-refractivity contribution in [2.75, 3.05) is 0 Å². The quantitative estimate of drug-likeness (QED) is 0.587. The van der Waals surface area contributed by atoms with Gasteiger partial charge in [-0.1, -0.05) is 36.4 Å². The number of carbonyl (C=O) groups is 1. The summed E-state index contributed by atoms with van der Waals surface area (Å²) in [6.45, 7) is 0.360. The summed E-state index contributed by atoms with van der Waals surface area (Å²) in [5.74, 6) is 1.50. The maximum atomic E-state index is 12.4. The summed E-state index contributed by atoms with van der Waals surface area (Å²) in [7, 11) is 0. The molecule has 4 aromatic rings. The van der Waals surface area contributed by atoms with Crippen LogP contribution in [0.4, 0.5) is 0 Å². The number of hydrogen-bond donors (Lipinski definition) is 1. The van der Waals surface area contributed by atoms with Crippen LogP contribution in [0.1, 0.15) is 27.4 Å². The van der Waals surface area contributed by atoms with E-state index in [-0.39, 0.29) is 5.91 Å². The summed E-state index contributed by atoms with van der Waals surface area (Å²) in [5, 5.41) is 3.85. The van der Waals surface area contributed by atoms with Crippen LogP contribution >= 0.6 is 0 Å². The maximum absolute atomic E-state index is 12.4. The van der Waals surface area contributed by atoms with Gasteiger partial charge in [-0.05, 0) is 42.0 Å². The number of carbonyl (C=O) groups excluding carboxylic acids is 1. The van der Waals surface area contributed by atoms with Crippen LogP contribution in [-0.4, -0.2) is 10.9 Å². The summed E-state index contributed by atoms with van der Waals surface area (Å²) in [6.07, 6.45) is 2.48. The molecule has 0 radical (unpaired) electrons. The lowest BCUT2D eigenvalue weighted by Gasteiger charge is -2.05. The fraction of sp³-hybridized carbons (Fsp3) is 0.0909. The Morgan fingerprint density at radius 2 is 1.77 bits per heavy atom. The monoisotopic (exact) mass is 342 g/mol. The van der Waals surface area contributed by atoms with Crippen LogP contribution in [-0.2, 0) is 13.0 Å². The molecule has 2 aromatic carbocycles. The number of nitrogens with zero attached hydrogens (tertiary/aromatic N) is 1. The lowest BCUT2D eigenvalue weighted by Crippen LogP contribution is -2.22. The zero-order valence-electron chi connectivity index (χ0n) is 14.2. The van der Waals surface area contributed by atoms with Crippen LogP contribution in [0.15, 0.2) is 83.4 Å². The summed E-state index contributed by atoms with van der Waals surface area (Å²) in [5.41, 5.74) is 2.68. The molecule has 1 amide bonds. The molecule has 0 bridgehead atoms. The van der Waals surface area contributed by atoms with Crippen molar-refractivity contribution in [2.45, 2.75) is 13.0 Å². The average molecular weight is 342 g/mol. The van der Waals surface area contributed by atoms with E-state index in [2.05, 4.69) is 22.4 Å². The second-order valence-corrected chi connectivity index (χ2v) is 6.12. The van der Waals surface area contributed by atoms with Crippen LogP contribution in [0.5, 0.6) is 0 Å². The number of furan rings is 1. The van der Waals surface area contributed by atoms with Crippen LogP contribution in [0.25, 0.3) is 10.9 Å². The first-order valence-electron chi connectivity index (χ1n) is 8.52. The van der Waals surface area contributed by atoms with Gasteiger partial charge >= 0.3 is 0 Å². The Hall–Kier alpha value is -3.40. The van der Waals surface area contributed by atoms with E-state index in [1.807, 2.05) is 54.6 Å². The van der Waals surface area contributed by atoms with Gasteiger partial charge in [-0.25, -0.2) is 0 Å². The van der Waals surface area contributed by atoms with Gasteiger partial charge in [-0.3, -0.25) is 9.78 Å². The first-order chi connectivity index (χ1) is 12.8. The van der Waals surface area contributed by atoms with Crippen LogP contribution in [0.2, 0.25) is 0 Å². The van der Waals surface area contributed by atoms with Gasteiger partial charge in [-0.2, -0.15) is 0 Å². The van der Waals surface area contributed by atoms with Crippen LogP contribution in [0.3, 0.4) is 0 Å². The fourth-order valence-corrected chi connectivity index (χ4v) is 2.90. The number of hydrogen-bond acceptors (Lipinski definition) is 3. The predicted molar refractivity (Wildman–Crippen MR) is 101 cm³/mol. The molecule has 0 spiro atoms. The van der Waals surface area contributed by atoms with E-state index in [1.165, 1.54) is 5.56 Å². The van der Waals surface area contributed by atoms with Crippen molar-refractivity contribution in [3.8, 4) is 0 Å². The molecule has 0 saturated carbocycles. The minimum Gasteiger partial charge on any atom is -0.464 e. The zero-order valence-corrected chi connectivity index (χ0v) is 14.2. The standard InChI is InChI=1S/C22H18N2O2/c25-22(18-8-11-21-17(14-18)7-4-12-23-21)24-15-20-10-9-19(26-20)13-16-5-2-1-3-6-16/h1-12,14H,13,15H2,(H,24,25). The molecule has 2 aromatic heterocycles. The minimum atomic E-state index is -0.128. The molecule has 0 fully saturated rings. The van der Waals surface area contributed by atoms with Gasteiger partial charge < -0.3 is 9.73 Å². The minimum absolute atomic E-state index is 0.128. The van der Waals surface area contributed by atoms with Crippen molar-refractivity contribution in [3.63, 3.8) is 0 Å². The van der Waals surface area contributed by atoms with E-state index >= 15 is 0 Å². The molecule has 0 aliphatic heterocycles. The Bertz CT molecular complexity index is 1040. The number of amides is 1. The lowest BCUT2D eigenvalue weighted by molar-refractivity contribution is 0.0948. The van der Waals surface area contributed by atoms with Crippen molar-refractivity contribution >= 4 is 16.8 Å². The van der Waals surface area contributed by atoms with Crippen LogP contribution < -0.4 is 5.32 Å². The van der Waals surface area contributed by atoms with Gasteiger partial charge in [0.15, 0.2) is 0 Å². The van der Waals surface area contributed by atoms with Crippen molar-refractivity contribution in [2.24, 2.45) is 0 Å². The van der Waals surface area contributed by atoms with Crippen molar-refractivity contribution in [1.29, 1.82) is 0 Å². The van der Waals surface area contributed by atoms with E-state index < -0.39 is 0 Å². The summed E-state index contributed by atoms with van der Waals surface area (Å²) >= 11 is 0. The molecule has 2 heterocycles. The van der Waals surface area contributed by atoms with Gasteiger partial charge in [0.2, 0.25) is 0 Å². The molecule has 26 heavy (non-hydrogen) atoms. The van der Waals surface area contributed by atoms with E-state index in [0.717, 1.165) is 28.8 Å². The van der Waals surface area contributed by atoms with Gasteiger partial charge in [0.1, 0.15) is 11.5 Å². The lowest BCUT2D eigenvalue weighted by atomic mass is 10.1. The molecular formula is C22H18N2O2. The first kappa shape index (κ1) is 16.1. The number of pyridine rings is 1. The van der Waals surface area contributed by atoms with Gasteiger partial charge in [0.05, 0.1) is 12.1 Å². The zero-order chi connectivity index (χ0) is 17.8. The molecular weight excluding hydrogens is 324 g/mol. The Morgan fingerprint density at radius 1 is 0.923 bits per heavy atom. The van der Waals surface area contributed by atoms with E-state index in [1.54, 1.807) is 12.3 Å². The highest BCUT2D eigenvalue weighted by Crippen LogP contribution is 2.15. The highest BCUT2D eigenvalue weighted by Gasteiger charge is 2.09. The molecule has 0 aliphatic rings. The Balaban J connectivity index is 1.39. The SMILES string of the molecule is O=C(NCc1ccc(Cc2ccccc2)o1)c1ccc2ncccc2c1. The molecule has 0 aliphatic carbocycles. The molecule has 4 heteroatoms. The number of nitrogens with one attached hydrogen (secondary N) is 1. The Labute approximate surface area is 151 Å². The second-order valence-electron chi connectivity index (χ2n) is 6.12. The van der Waals surface area contributed by atoms with Crippen molar-refractivity contribution in [3.05, 3.63) is 102 Å². The van der Waals surface area contributed by atoms with Gasteiger partial charge in [-0.15, -0.1) is 0 Å². The molecule has 4 rings (SSSR count). The highest BCUT2D eigenvalue weighted by atomic mass is 16.3. The normalized spacial score (nSPS) is 10.8.